The highest BCUT2D eigenvalue weighted by molar-refractivity contribution is 6.07. The van der Waals surface area contributed by atoms with Crippen LogP contribution in [-0.4, -0.2) is 62.0 Å². The average molecular weight is 588 g/mol. The molecule has 1 saturated carbocycles. The van der Waals surface area contributed by atoms with E-state index in [1.165, 1.54) is 12.2 Å². The van der Waals surface area contributed by atoms with E-state index < -0.39 is 17.1 Å². The van der Waals surface area contributed by atoms with Gasteiger partial charge in [-0.15, -0.1) is 0 Å². The Bertz CT molecular complexity index is 1420. The normalized spacial score (nSPS) is 30.0. The zero-order valence-corrected chi connectivity index (χ0v) is 25.7. The van der Waals surface area contributed by atoms with E-state index >= 15 is 0 Å². The minimum Gasteiger partial charge on any atom is -0.468 e. The molecule has 1 heterocycles. The van der Waals surface area contributed by atoms with Crippen LogP contribution in [0.5, 0.6) is 0 Å². The van der Waals surface area contributed by atoms with E-state index in [-0.39, 0.29) is 29.5 Å². The van der Waals surface area contributed by atoms with Crippen molar-refractivity contribution in [1.82, 2.24) is 10.6 Å². The monoisotopic (exact) mass is 587 g/mol. The second-order valence-electron chi connectivity index (χ2n) is 11.4. The summed E-state index contributed by atoms with van der Waals surface area (Å²) in [4.78, 5) is 40.2. The van der Waals surface area contributed by atoms with Crippen LogP contribution in [0.2, 0.25) is 0 Å². The lowest BCUT2D eigenvalue weighted by atomic mass is 9.73. The lowest BCUT2D eigenvalue weighted by Gasteiger charge is -2.29. The van der Waals surface area contributed by atoms with Crippen molar-refractivity contribution in [3.05, 3.63) is 83.8 Å². The maximum Gasteiger partial charge on any atom is 0.251 e. The standard InChI is InChI=1S/C34H42FN5O3/c1-7-20-39-31(36-5)34(18-19-34)40-29(41)25-13-12-22(3)24(21-25)15-17-27-30(38-8-2)43-28(33(27,4)32(42)37-6)23-10-9-11-26(35)16-14-23/h7,10-14,16-17,20-22,24,28H,1,8-9,15,18-19H2,2-6H3,(H,37,42)(H,40,41). The number of halogens is 1. The molecule has 4 atom stereocenters. The van der Waals surface area contributed by atoms with E-state index in [0.29, 0.717) is 42.3 Å². The smallest absolute Gasteiger partial charge is 0.251 e. The summed E-state index contributed by atoms with van der Waals surface area (Å²) in [7, 11) is 3.27. The first-order chi connectivity index (χ1) is 20.6. The fourth-order valence-corrected chi connectivity index (χ4v) is 5.80. The van der Waals surface area contributed by atoms with Crippen LogP contribution in [-0.2, 0) is 14.3 Å². The molecule has 9 heteroatoms. The molecule has 0 aromatic carbocycles. The summed E-state index contributed by atoms with van der Waals surface area (Å²) in [6.07, 6.45) is 19.3. The van der Waals surface area contributed by atoms with Gasteiger partial charge < -0.3 is 15.4 Å². The van der Waals surface area contributed by atoms with E-state index in [4.69, 9.17) is 4.74 Å². The number of amidine groups is 1. The molecule has 228 valence electrons. The number of allylic oxidation sites excluding steroid dienone is 8. The molecule has 0 spiro atoms. The van der Waals surface area contributed by atoms with Crippen molar-refractivity contribution >= 4 is 29.8 Å². The molecule has 2 fully saturated rings. The molecule has 1 saturated heterocycles. The summed E-state index contributed by atoms with van der Waals surface area (Å²) in [5.74, 6) is 0.433. The fourth-order valence-electron chi connectivity index (χ4n) is 5.80. The van der Waals surface area contributed by atoms with Gasteiger partial charge in [-0.25, -0.2) is 9.38 Å². The maximum atomic E-state index is 14.0. The van der Waals surface area contributed by atoms with Gasteiger partial charge in [-0.05, 0) is 69.1 Å². The molecule has 4 aliphatic rings. The van der Waals surface area contributed by atoms with Gasteiger partial charge in [0.05, 0.1) is 5.54 Å². The Morgan fingerprint density at radius 2 is 2.00 bits per heavy atom. The van der Waals surface area contributed by atoms with Gasteiger partial charge >= 0.3 is 0 Å². The number of amides is 2. The van der Waals surface area contributed by atoms with Crippen molar-refractivity contribution in [3.8, 4) is 0 Å². The third-order valence-electron chi connectivity index (χ3n) is 8.50. The van der Waals surface area contributed by atoms with E-state index in [0.717, 1.165) is 18.4 Å². The fraction of sp³-hybridized carbons (Fsp3) is 0.441. The quantitative estimate of drug-likeness (QED) is 0.283. The summed E-state index contributed by atoms with van der Waals surface area (Å²) in [5, 5.41) is 5.95. The lowest BCUT2D eigenvalue weighted by molar-refractivity contribution is -0.129. The predicted molar refractivity (Wildman–Crippen MR) is 171 cm³/mol. The molecule has 43 heavy (non-hydrogen) atoms. The van der Waals surface area contributed by atoms with Gasteiger partial charge in [-0.2, -0.15) is 0 Å². The summed E-state index contributed by atoms with van der Waals surface area (Å²) in [6.45, 7) is 10.0. The Morgan fingerprint density at radius 3 is 2.65 bits per heavy atom. The molecule has 4 rings (SSSR count). The van der Waals surface area contributed by atoms with Gasteiger partial charge in [0.15, 0.2) is 0 Å². The zero-order chi connectivity index (χ0) is 31.2. The van der Waals surface area contributed by atoms with Crippen molar-refractivity contribution < 1.29 is 18.7 Å². The molecule has 8 nitrogen and oxygen atoms in total. The van der Waals surface area contributed by atoms with Crippen molar-refractivity contribution in [2.24, 2.45) is 32.2 Å². The molecule has 2 amide bonds. The molecule has 0 radical (unpaired) electrons. The number of hydrogen-bond donors (Lipinski definition) is 2. The van der Waals surface area contributed by atoms with Crippen LogP contribution in [0.25, 0.3) is 0 Å². The number of nitrogens with one attached hydrogen (secondary N) is 2. The van der Waals surface area contributed by atoms with E-state index in [9.17, 15) is 14.0 Å². The maximum absolute atomic E-state index is 14.0. The first-order valence-corrected chi connectivity index (χ1v) is 14.9. The highest BCUT2D eigenvalue weighted by Gasteiger charge is 2.55. The molecule has 0 aromatic rings. The van der Waals surface area contributed by atoms with Crippen LogP contribution in [0.4, 0.5) is 4.39 Å². The van der Waals surface area contributed by atoms with E-state index in [2.05, 4.69) is 39.1 Å². The zero-order valence-electron chi connectivity index (χ0n) is 25.7. The SMILES string of the molecule is C=CC=NC(=NC)C1(NC(=O)C2=CC(CC=C3C(=NCC)OC(C4=CCC=C(F)C=C4)C3(C)C(=O)NC)C(C)C=C2)CC1. The molecule has 0 bridgehead atoms. The van der Waals surface area contributed by atoms with Crippen LogP contribution in [0, 0.1) is 17.3 Å². The van der Waals surface area contributed by atoms with Crippen molar-refractivity contribution in [2.45, 2.75) is 58.1 Å². The third-order valence-corrected chi connectivity index (χ3v) is 8.50. The predicted octanol–water partition coefficient (Wildman–Crippen LogP) is 5.29. The van der Waals surface area contributed by atoms with Crippen LogP contribution < -0.4 is 10.6 Å². The van der Waals surface area contributed by atoms with Crippen LogP contribution in [0.1, 0.15) is 46.5 Å². The minimum atomic E-state index is -1.10. The molecule has 3 aliphatic carbocycles. The average Bonchev–Trinajstić information content (AvgIpc) is 3.75. The number of hydrogen-bond acceptors (Lipinski definition) is 5. The Morgan fingerprint density at radius 1 is 1.23 bits per heavy atom. The Hall–Kier alpha value is -4.14. The van der Waals surface area contributed by atoms with E-state index in [1.54, 1.807) is 32.5 Å². The largest absolute Gasteiger partial charge is 0.468 e. The molecule has 1 aliphatic heterocycles. The van der Waals surface area contributed by atoms with E-state index in [1.807, 2.05) is 44.2 Å². The first-order valence-electron chi connectivity index (χ1n) is 14.9. The summed E-state index contributed by atoms with van der Waals surface area (Å²) in [5.41, 5.74) is 0.328. The van der Waals surface area contributed by atoms with Gasteiger partial charge in [0, 0.05) is 38.0 Å². The van der Waals surface area contributed by atoms with Gasteiger partial charge in [0.1, 0.15) is 23.2 Å². The Labute approximate surface area is 253 Å². The van der Waals surface area contributed by atoms with Crippen LogP contribution in [0.15, 0.2) is 98.8 Å². The van der Waals surface area contributed by atoms with Crippen molar-refractivity contribution in [1.29, 1.82) is 0 Å². The number of carbonyl (C=O) groups excluding carboxylic acids is 2. The number of ether oxygens (including phenoxy) is 1. The van der Waals surface area contributed by atoms with Crippen LogP contribution in [0.3, 0.4) is 0 Å². The molecule has 4 unspecified atom stereocenters. The van der Waals surface area contributed by atoms with Crippen LogP contribution >= 0.6 is 0 Å². The number of aliphatic imine (C=N–C) groups is 3. The third kappa shape index (κ3) is 6.60. The highest BCUT2D eigenvalue weighted by Crippen LogP contribution is 2.46. The van der Waals surface area contributed by atoms with Gasteiger partial charge in [-0.3, -0.25) is 19.6 Å². The molecule has 2 N–H and O–H groups in total. The number of nitrogens with zero attached hydrogens (tertiary/aromatic N) is 3. The summed E-state index contributed by atoms with van der Waals surface area (Å²) < 4.78 is 20.3. The number of carbonyl (C=O) groups is 2. The Kier molecular flexibility index (Phi) is 9.94. The first kappa shape index (κ1) is 31.8. The second kappa shape index (κ2) is 13.4. The van der Waals surface area contributed by atoms with Crippen molar-refractivity contribution in [3.63, 3.8) is 0 Å². The second-order valence-corrected chi connectivity index (χ2v) is 11.4. The highest BCUT2D eigenvalue weighted by atomic mass is 19.1. The van der Waals surface area contributed by atoms with Crippen molar-refractivity contribution in [2.75, 3.05) is 20.6 Å². The number of rotatable bonds is 9. The molecular weight excluding hydrogens is 545 g/mol. The Balaban J connectivity index is 1.62. The molecular formula is C34H42FN5O3. The molecule has 0 aromatic heterocycles. The topological polar surface area (TPSA) is 105 Å². The summed E-state index contributed by atoms with van der Waals surface area (Å²) >= 11 is 0. The van der Waals surface area contributed by atoms with Gasteiger partial charge in [-0.1, -0.05) is 56.0 Å². The lowest BCUT2D eigenvalue weighted by Crippen LogP contribution is -2.44. The van der Waals surface area contributed by atoms with Gasteiger partial charge in [0.2, 0.25) is 11.8 Å². The van der Waals surface area contributed by atoms with Gasteiger partial charge in [0.25, 0.3) is 5.91 Å². The summed E-state index contributed by atoms with van der Waals surface area (Å²) in [6, 6.07) is 0. The minimum absolute atomic E-state index is 0.00217.